The Bertz CT molecular complexity index is 1130. The molecule has 8 nitrogen and oxygen atoms in total. The lowest BCUT2D eigenvalue weighted by atomic mass is 9.87. The number of rotatable bonds is 8. The van der Waals surface area contributed by atoms with Crippen molar-refractivity contribution in [2.24, 2.45) is 0 Å². The SMILES string of the molecule is O=C(NC1CCCC1)N[C@@H](CCN1CCC2(CC1)NC(=O)N(Cc1ccc(Br)cc1)C2=O)c1ccccc1. The van der Waals surface area contributed by atoms with E-state index in [-0.39, 0.29) is 36.6 Å². The minimum Gasteiger partial charge on any atom is -0.335 e. The van der Waals surface area contributed by atoms with Crippen molar-refractivity contribution in [3.8, 4) is 0 Å². The van der Waals surface area contributed by atoms with E-state index in [1.165, 1.54) is 17.7 Å². The molecule has 1 atom stereocenters. The van der Waals surface area contributed by atoms with Crippen molar-refractivity contribution in [1.82, 2.24) is 25.8 Å². The number of halogens is 1. The molecule has 3 aliphatic rings. The highest BCUT2D eigenvalue weighted by atomic mass is 79.9. The van der Waals surface area contributed by atoms with Crippen LogP contribution in [0.25, 0.3) is 0 Å². The van der Waals surface area contributed by atoms with Crippen molar-refractivity contribution in [2.45, 2.75) is 69.1 Å². The Kier molecular flexibility index (Phi) is 8.33. The molecular formula is C29H36BrN5O3. The fraction of sp³-hybridized carbons (Fsp3) is 0.483. The molecule has 1 spiro atoms. The van der Waals surface area contributed by atoms with Gasteiger partial charge in [0, 0.05) is 30.1 Å². The lowest BCUT2D eigenvalue weighted by Gasteiger charge is -2.37. The van der Waals surface area contributed by atoms with E-state index >= 15 is 0 Å². The lowest BCUT2D eigenvalue weighted by Crippen LogP contribution is -2.55. The van der Waals surface area contributed by atoms with Crippen LogP contribution >= 0.6 is 15.9 Å². The van der Waals surface area contributed by atoms with Gasteiger partial charge in [0.2, 0.25) is 0 Å². The number of carbonyl (C=O) groups is 3. The Morgan fingerprint density at radius 3 is 2.39 bits per heavy atom. The Morgan fingerprint density at radius 1 is 1.03 bits per heavy atom. The lowest BCUT2D eigenvalue weighted by molar-refractivity contribution is -0.133. The first-order chi connectivity index (χ1) is 18.4. The zero-order valence-electron chi connectivity index (χ0n) is 21.6. The second-order valence-electron chi connectivity index (χ2n) is 10.7. The molecule has 0 aromatic heterocycles. The van der Waals surface area contributed by atoms with Crippen LogP contribution in [0.1, 0.15) is 62.1 Å². The summed E-state index contributed by atoms with van der Waals surface area (Å²) in [4.78, 5) is 42.5. The first kappa shape index (κ1) is 26.7. The largest absolute Gasteiger partial charge is 0.335 e. The van der Waals surface area contributed by atoms with Gasteiger partial charge in [0.1, 0.15) is 5.54 Å². The van der Waals surface area contributed by atoms with Gasteiger partial charge in [-0.05, 0) is 55.4 Å². The number of nitrogens with zero attached hydrogens (tertiary/aromatic N) is 2. The number of hydrogen-bond donors (Lipinski definition) is 3. The zero-order valence-corrected chi connectivity index (χ0v) is 23.2. The highest BCUT2D eigenvalue weighted by Crippen LogP contribution is 2.31. The Hall–Kier alpha value is -2.91. The summed E-state index contributed by atoms with van der Waals surface area (Å²) >= 11 is 3.42. The third-order valence-corrected chi connectivity index (χ3v) is 8.67. The summed E-state index contributed by atoms with van der Waals surface area (Å²) in [5, 5.41) is 9.34. The smallest absolute Gasteiger partial charge is 0.325 e. The first-order valence-electron chi connectivity index (χ1n) is 13.6. The maximum absolute atomic E-state index is 13.3. The van der Waals surface area contributed by atoms with Crippen LogP contribution in [0.3, 0.4) is 0 Å². The number of urea groups is 2. The molecule has 3 N–H and O–H groups in total. The van der Waals surface area contributed by atoms with Crippen molar-refractivity contribution in [3.63, 3.8) is 0 Å². The second kappa shape index (κ2) is 11.9. The van der Waals surface area contributed by atoms with Crippen LogP contribution in [-0.2, 0) is 11.3 Å². The van der Waals surface area contributed by atoms with Gasteiger partial charge in [0.15, 0.2) is 0 Å². The number of nitrogens with one attached hydrogen (secondary N) is 3. The molecule has 38 heavy (non-hydrogen) atoms. The molecule has 2 aliphatic heterocycles. The third-order valence-electron chi connectivity index (χ3n) is 8.14. The summed E-state index contributed by atoms with van der Waals surface area (Å²) in [6.45, 7) is 2.50. The van der Waals surface area contributed by atoms with E-state index in [9.17, 15) is 14.4 Å². The summed E-state index contributed by atoms with van der Waals surface area (Å²) < 4.78 is 0.960. The van der Waals surface area contributed by atoms with E-state index in [0.29, 0.717) is 25.9 Å². The molecule has 0 bridgehead atoms. The van der Waals surface area contributed by atoms with Crippen molar-refractivity contribution >= 4 is 33.9 Å². The van der Waals surface area contributed by atoms with E-state index in [4.69, 9.17) is 0 Å². The number of likely N-dealkylation sites (tertiary alicyclic amines) is 1. The monoisotopic (exact) mass is 581 g/mol. The Balaban J connectivity index is 1.15. The average Bonchev–Trinajstić information content (AvgIpc) is 3.51. The summed E-state index contributed by atoms with van der Waals surface area (Å²) in [6.07, 6.45) is 6.39. The quantitative estimate of drug-likeness (QED) is 0.393. The predicted molar refractivity (Wildman–Crippen MR) is 149 cm³/mol. The summed E-state index contributed by atoms with van der Waals surface area (Å²) in [5.74, 6) is -0.127. The molecule has 202 valence electrons. The number of amides is 5. The van der Waals surface area contributed by atoms with Crippen molar-refractivity contribution in [1.29, 1.82) is 0 Å². The van der Waals surface area contributed by atoms with Crippen molar-refractivity contribution in [2.75, 3.05) is 19.6 Å². The van der Waals surface area contributed by atoms with Crippen LogP contribution in [0.15, 0.2) is 59.1 Å². The summed E-state index contributed by atoms with van der Waals surface area (Å²) in [6, 6.07) is 17.5. The number of benzene rings is 2. The molecule has 1 aliphatic carbocycles. The van der Waals surface area contributed by atoms with Gasteiger partial charge in [-0.3, -0.25) is 9.69 Å². The van der Waals surface area contributed by atoms with Crippen LogP contribution in [0, 0.1) is 0 Å². The van der Waals surface area contributed by atoms with Gasteiger partial charge < -0.3 is 20.9 Å². The predicted octanol–water partition coefficient (Wildman–Crippen LogP) is 4.71. The topological polar surface area (TPSA) is 93.8 Å². The van der Waals surface area contributed by atoms with Gasteiger partial charge in [0.05, 0.1) is 12.6 Å². The van der Waals surface area contributed by atoms with Gasteiger partial charge >= 0.3 is 12.1 Å². The fourth-order valence-electron chi connectivity index (χ4n) is 5.86. The number of carbonyl (C=O) groups excluding carboxylic acids is 3. The van der Waals surface area contributed by atoms with Gasteiger partial charge in [0.25, 0.3) is 5.91 Å². The minimum absolute atomic E-state index is 0.0947. The number of hydrogen-bond acceptors (Lipinski definition) is 4. The van der Waals surface area contributed by atoms with Gasteiger partial charge in [-0.15, -0.1) is 0 Å². The summed E-state index contributed by atoms with van der Waals surface area (Å²) in [5.41, 5.74) is 1.19. The third kappa shape index (κ3) is 6.21. The van der Waals surface area contributed by atoms with E-state index in [2.05, 4.69) is 48.9 Å². The first-order valence-corrected chi connectivity index (χ1v) is 14.4. The Labute approximate surface area is 232 Å². The average molecular weight is 583 g/mol. The molecule has 2 aromatic rings. The summed E-state index contributed by atoms with van der Waals surface area (Å²) in [7, 11) is 0. The molecule has 0 radical (unpaired) electrons. The second-order valence-corrected chi connectivity index (χ2v) is 11.6. The maximum Gasteiger partial charge on any atom is 0.325 e. The molecule has 9 heteroatoms. The minimum atomic E-state index is -0.818. The highest BCUT2D eigenvalue weighted by molar-refractivity contribution is 9.10. The van der Waals surface area contributed by atoms with Crippen molar-refractivity contribution < 1.29 is 14.4 Å². The standard InChI is InChI=1S/C29H36BrN5O3/c30-23-12-10-21(11-13-23)20-35-26(36)29(33-28(35)38)15-18-34(19-16-29)17-14-25(22-6-2-1-3-7-22)32-27(37)31-24-8-4-5-9-24/h1-3,6-7,10-13,24-25H,4-5,8-9,14-20H2,(H,33,38)(H2,31,32,37)/t25-/m0/s1. The van der Waals surface area contributed by atoms with Gasteiger partial charge in [-0.1, -0.05) is 71.2 Å². The van der Waals surface area contributed by atoms with Crippen molar-refractivity contribution in [3.05, 3.63) is 70.2 Å². The van der Waals surface area contributed by atoms with Crippen LogP contribution in [-0.4, -0.2) is 59.0 Å². The number of piperidine rings is 1. The van der Waals surface area contributed by atoms with Crippen LogP contribution in [0.2, 0.25) is 0 Å². The van der Waals surface area contributed by atoms with E-state index in [1.54, 1.807) is 0 Å². The molecule has 0 unspecified atom stereocenters. The molecule has 2 saturated heterocycles. The molecule has 5 rings (SSSR count). The molecule has 5 amide bonds. The maximum atomic E-state index is 13.3. The molecule has 2 aromatic carbocycles. The van der Waals surface area contributed by atoms with E-state index in [0.717, 1.165) is 41.4 Å². The van der Waals surface area contributed by atoms with E-state index in [1.807, 2.05) is 42.5 Å². The highest BCUT2D eigenvalue weighted by Gasteiger charge is 2.52. The fourth-order valence-corrected chi connectivity index (χ4v) is 6.13. The molecule has 3 fully saturated rings. The molecular weight excluding hydrogens is 546 g/mol. The van der Waals surface area contributed by atoms with Crippen LogP contribution in [0.5, 0.6) is 0 Å². The Morgan fingerprint density at radius 2 is 1.71 bits per heavy atom. The molecule has 1 saturated carbocycles. The normalized spacial score (nSPS) is 20.5. The van der Waals surface area contributed by atoms with Crippen LogP contribution < -0.4 is 16.0 Å². The molecule has 2 heterocycles. The number of imide groups is 1. The van der Waals surface area contributed by atoms with Gasteiger partial charge in [-0.25, -0.2) is 9.59 Å². The van der Waals surface area contributed by atoms with Gasteiger partial charge in [-0.2, -0.15) is 0 Å². The van der Waals surface area contributed by atoms with Crippen LogP contribution in [0.4, 0.5) is 9.59 Å². The van der Waals surface area contributed by atoms with E-state index < -0.39 is 5.54 Å². The zero-order chi connectivity index (χ0) is 26.5.